The Balaban J connectivity index is 1.45. The first-order valence-corrected chi connectivity index (χ1v) is 11.5. The fourth-order valence-electron chi connectivity index (χ4n) is 3.68. The standard InChI is InChI=1S/C24H29N3OS/c1-19-6-4-5-13-27(19)16-23-8-3-2-7-22(23)15-26-24(28)18-29-17-21-11-9-20(14-25)10-12-21/h2-3,7-12,19H,4-6,13,15-18H2,1H3,(H,26,28). The second kappa shape index (κ2) is 11.0. The van der Waals surface area contributed by atoms with Crippen molar-refractivity contribution in [1.82, 2.24) is 10.2 Å². The zero-order chi connectivity index (χ0) is 20.5. The smallest absolute Gasteiger partial charge is 0.230 e. The third-order valence-corrected chi connectivity index (χ3v) is 6.50. The first kappa shape index (κ1) is 21.4. The van der Waals surface area contributed by atoms with Crippen molar-refractivity contribution in [3.63, 3.8) is 0 Å². The van der Waals surface area contributed by atoms with Crippen molar-refractivity contribution in [2.45, 2.75) is 51.1 Å². The van der Waals surface area contributed by atoms with Crippen molar-refractivity contribution in [3.05, 3.63) is 70.8 Å². The molecule has 1 N–H and O–H groups in total. The average Bonchev–Trinajstić information content (AvgIpc) is 2.75. The van der Waals surface area contributed by atoms with Crippen LogP contribution in [0.25, 0.3) is 0 Å². The van der Waals surface area contributed by atoms with Crippen molar-refractivity contribution in [1.29, 1.82) is 5.26 Å². The molecule has 0 radical (unpaired) electrons. The van der Waals surface area contributed by atoms with Crippen LogP contribution in [0.3, 0.4) is 0 Å². The molecule has 152 valence electrons. The van der Waals surface area contributed by atoms with Crippen molar-refractivity contribution >= 4 is 17.7 Å². The second-order valence-corrected chi connectivity index (χ2v) is 8.65. The number of amides is 1. The number of thioether (sulfide) groups is 1. The summed E-state index contributed by atoms with van der Waals surface area (Å²) in [5, 5.41) is 11.9. The van der Waals surface area contributed by atoms with Crippen LogP contribution in [0.4, 0.5) is 0 Å². The van der Waals surface area contributed by atoms with E-state index in [0.29, 0.717) is 23.9 Å². The summed E-state index contributed by atoms with van der Waals surface area (Å²) in [5.74, 6) is 1.26. The van der Waals surface area contributed by atoms with E-state index in [4.69, 9.17) is 5.26 Å². The number of carbonyl (C=O) groups excluding carboxylic acids is 1. The van der Waals surface area contributed by atoms with Crippen LogP contribution < -0.4 is 5.32 Å². The first-order chi connectivity index (χ1) is 14.2. The fourth-order valence-corrected chi connectivity index (χ4v) is 4.50. The van der Waals surface area contributed by atoms with Crippen LogP contribution in [0, 0.1) is 11.3 Å². The molecular weight excluding hydrogens is 378 g/mol. The number of hydrogen-bond acceptors (Lipinski definition) is 4. The molecule has 1 aliphatic rings. The van der Waals surface area contributed by atoms with Gasteiger partial charge in [-0.1, -0.05) is 42.8 Å². The van der Waals surface area contributed by atoms with E-state index in [1.54, 1.807) is 11.8 Å². The van der Waals surface area contributed by atoms with Crippen LogP contribution in [-0.2, 0) is 23.6 Å². The zero-order valence-electron chi connectivity index (χ0n) is 17.1. The summed E-state index contributed by atoms with van der Waals surface area (Å²) < 4.78 is 0. The molecular formula is C24H29N3OS. The van der Waals surface area contributed by atoms with Gasteiger partial charge in [-0.25, -0.2) is 0 Å². The van der Waals surface area contributed by atoms with E-state index in [1.165, 1.54) is 30.4 Å². The maximum absolute atomic E-state index is 12.3. The van der Waals surface area contributed by atoms with Gasteiger partial charge in [0.25, 0.3) is 0 Å². The van der Waals surface area contributed by atoms with Crippen molar-refractivity contribution in [2.24, 2.45) is 0 Å². The van der Waals surface area contributed by atoms with Gasteiger partial charge in [0.05, 0.1) is 17.4 Å². The Morgan fingerprint density at radius 3 is 2.66 bits per heavy atom. The van der Waals surface area contributed by atoms with Gasteiger partial charge < -0.3 is 5.32 Å². The summed E-state index contributed by atoms with van der Waals surface area (Å²) >= 11 is 1.59. The van der Waals surface area contributed by atoms with E-state index in [1.807, 2.05) is 30.3 Å². The minimum atomic E-state index is 0.0600. The van der Waals surface area contributed by atoms with Gasteiger partial charge in [-0.3, -0.25) is 9.69 Å². The Hall–Kier alpha value is -2.29. The molecule has 2 aromatic rings. The predicted octanol–water partition coefficient (Wildman–Crippen LogP) is 4.48. The molecule has 4 nitrogen and oxygen atoms in total. The molecule has 0 aliphatic carbocycles. The quantitative estimate of drug-likeness (QED) is 0.701. The molecule has 0 bridgehead atoms. The van der Waals surface area contributed by atoms with Gasteiger partial charge in [0, 0.05) is 24.9 Å². The highest BCUT2D eigenvalue weighted by Gasteiger charge is 2.19. The first-order valence-electron chi connectivity index (χ1n) is 10.3. The minimum absolute atomic E-state index is 0.0600. The largest absolute Gasteiger partial charge is 0.351 e. The van der Waals surface area contributed by atoms with Crippen molar-refractivity contribution in [3.8, 4) is 6.07 Å². The van der Waals surface area contributed by atoms with E-state index in [2.05, 4.69) is 41.4 Å². The molecule has 3 rings (SSSR count). The lowest BCUT2D eigenvalue weighted by molar-refractivity contribution is -0.118. The summed E-state index contributed by atoms with van der Waals surface area (Å²) in [4.78, 5) is 14.8. The van der Waals surface area contributed by atoms with Crippen LogP contribution in [0.1, 0.15) is 48.4 Å². The molecule has 0 saturated carbocycles. The topological polar surface area (TPSA) is 56.1 Å². The van der Waals surface area contributed by atoms with Crippen LogP contribution in [0.2, 0.25) is 0 Å². The highest BCUT2D eigenvalue weighted by atomic mass is 32.2. The lowest BCUT2D eigenvalue weighted by Gasteiger charge is -2.33. The monoisotopic (exact) mass is 407 g/mol. The van der Waals surface area contributed by atoms with E-state index in [-0.39, 0.29) is 5.91 Å². The van der Waals surface area contributed by atoms with Gasteiger partial charge in [-0.2, -0.15) is 5.26 Å². The van der Waals surface area contributed by atoms with Gasteiger partial charge in [-0.15, -0.1) is 11.8 Å². The molecule has 1 amide bonds. The maximum Gasteiger partial charge on any atom is 0.230 e. The Morgan fingerprint density at radius 2 is 1.93 bits per heavy atom. The molecule has 0 aromatic heterocycles. The van der Waals surface area contributed by atoms with Crippen LogP contribution in [0.5, 0.6) is 0 Å². The Morgan fingerprint density at radius 1 is 1.17 bits per heavy atom. The molecule has 1 atom stereocenters. The SMILES string of the molecule is CC1CCCCN1Cc1ccccc1CNC(=O)CSCc1ccc(C#N)cc1. The molecule has 5 heteroatoms. The molecule has 1 saturated heterocycles. The summed E-state index contributed by atoms with van der Waals surface area (Å²) in [5.41, 5.74) is 4.31. The molecule has 0 spiro atoms. The average molecular weight is 408 g/mol. The summed E-state index contributed by atoms with van der Waals surface area (Å²) in [6.45, 7) is 5.01. The lowest BCUT2D eigenvalue weighted by Crippen LogP contribution is -2.37. The molecule has 2 aromatic carbocycles. The van der Waals surface area contributed by atoms with E-state index in [9.17, 15) is 4.79 Å². The van der Waals surface area contributed by atoms with Gasteiger partial charge in [0.2, 0.25) is 5.91 Å². The number of likely N-dealkylation sites (tertiary alicyclic amines) is 1. The molecule has 29 heavy (non-hydrogen) atoms. The highest BCUT2D eigenvalue weighted by molar-refractivity contribution is 7.99. The summed E-state index contributed by atoms with van der Waals surface area (Å²) in [6, 6.07) is 18.7. The number of nitrogens with zero attached hydrogens (tertiary/aromatic N) is 2. The number of nitrogens with one attached hydrogen (secondary N) is 1. The van der Waals surface area contributed by atoms with Crippen molar-refractivity contribution < 1.29 is 4.79 Å². The second-order valence-electron chi connectivity index (χ2n) is 7.66. The van der Waals surface area contributed by atoms with E-state index in [0.717, 1.165) is 24.4 Å². The molecule has 1 unspecified atom stereocenters. The predicted molar refractivity (Wildman–Crippen MR) is 119 cm³/mol. The van der Waals surface area contributed by atoms with E-state index >= 15 is 0 Å². The Kier molecular flexibility index (Phi) is 8.15. The van der Waals surface area contributed by atoms with Crippen molar-refractivity contribution in [2.75, 3.05) is 12.3 Å². The van der Waals surface area contributed by atoms with Crippen LogP contribution >= 0.6 is 11.8 Å². The van der Waals surface area contributed by atoms with Gasteiger partial charge in [0.15, 0.2) is 0 Å². The summed E-state index contributed by atoms with van der Waals surface area (Å²) in [7, 11) is 0. The Bertz CT molecular complexity index is 844. The van der Waals surface area contributed by atoms with Crippen LogP contribution in [-0.4, -0.2) is 29.1 Å². The Labute approximate surface area is 178 Å². The molecule has 1 fully saturated rings. The number of hydrogen-bond donors (Lipinski definition) is 1. The molecule has 1 aliphatic heterocycles. The fraction of sp³-hybridized carbons (Fsp3) is 0.417. The number of nitriles is 1. The van der Waals surface area contributed by atoms with Crippen LogP contribution in [0.15, 0.2) is 48.5 Å². The molecule has 1 heterocycles. The van der Waals surface area contributed by atoms with Gasteiger partial charge in [-0.05, 0) is 55.1 Å². The minimum Gasteiger partial charge on any atom is -0.351 e. The number of piperidine rings is 1. The summed E-state index contributed by atoms with van der Waals surface area (Å²) in [6.07, 6.45) is 3.88. The number of rotatable bonds is 8. The van der Waals surface area contributed by atoms with Gasteiger partial charge in [0.1, 0.15) is 0 Å². The lowest BCUT2D eigenvalue weighted by atomic mass is 10.0. The maximum atomic E-state index is 12.3. The third-order valence-electron chi connectivity index (χ3n) is 5.49. The highest BCUT2D eigenvalue weighted by Crippen LogP contribution is 2.21. The number of benzene rings is 2. The van der Waals surface area contributed by atoms with E-state index < -0.39 is 0 Å². The normalized spacial score (nSPS) is 16.9. The zero-order valence-corrected chi connectivity index (χ0v) is 17.9. The third kappa shape index (κ3) is 6.62. The number of carbonyl (C=O) groups is 1. The van der Waals surface area contributed by atoms with Gasteiger partial charge >= 0.3 is 0 Å².